The van der Waals surface area contributed by atoms with Crippen molar-refractivity contribution >= 4 is 12.0 Å². The zero-order chi connectivity index (χ0) is 17.5. The summed E-state index contributed by atoms with van der Waals surface area (Å²) in [5, 5.41) is 12.2. The molecule has 0 heterocycles. The fraction of sp³-hybridized carbons (Fsp3) is 0.167. The largest absolute Gasteiger partial charge is 0.386 e. The van der Waals surface area contributed by atoms with Crippen molar-refractivity contribution in [1.82, 2.24) is 5.32 Å². The van der Waals surface area contributed by atoms with Crippen molar-refractivity contribution < 1.29 is 23.1 Å². The molecule has 0 bridgehead atoms. The van der Waals surface area contributed by atoms with Gasteiger partial charge in [-0.1, -0.05) is 30.4 Å². The van der Waals surface area contributed by atoms with Gasteiger partial charge in [-0.25, -0.2) is 13.2 Å². The molecular weight excluding hydrogens is 319 g/mol. The molecule has 0 saturated carbocycles. The third-order valence-electron chi connectivity index (χ3n) is 3.31. The Bertz CT molecular complexity index is 709. The lowest BCUT2D eigenvalue weighted by atomic mass is 10.1. The summed E-state index contributed by atoms with van der Waals surface area (Å²) in [6.07, 6.45) is 1.75. The van der Waals surface area contributed by atoms with E-state index < -0.39 is 29.2 Å². The van der Waals surface area contributed by atoms with Crippen LogP contribution in [0.4, 0.5) is 13.2 Å². The van der Waals surface area contributed by atoms with Crippen LogP contribution in [0.2, 0.25) is 0 Å². The van der Waals surface area contributed by atoms with Crippen LogP contribution in [0.5, 0.6) is 0 Å². The molecule has 0 spiro atoms. The van der Waals surface area contributed by atoms with E-state index in [2.05, 4.69) is 5.32 Å². The van der Waals surface area contributed by atoms with E-state index in [4.69, 9.17) is 0 Å². The first kappa shape index (κ1) is 17.7. The lowest BCUT2D eigenvalue weighted by Gasteiger charge is -2.13. The molecule has 2 aromatic carbocycles. The van der Waals surface area contributed by atoms with Gasteiger partial charge >= 0.3 is 0 Å². The van der Waals surface area contributed by atoms with Gasteiger partial charge in [0.25, 0.3) is 0 Å². The maximum Gasteiger partial charge on any atom is 0.223 e. The first-order valence-corrected chi connectivity index (χ1v) is 7.28. The van der Waals surface area contributed by atoms with Crippen LogP contribution in [-0.2, 0) is 4.79 Å². The minimum absolute atomic E-state index is 0.0177. The number of nitrogens with one attached hydrogen (secondary N) is 1. The zero-order valence-electron chi connectivity index (χ0n) is 12.7. The van der Waals surface area contributed by atoms with Crippen molar-refractivity contribution in [2.24, 2.45) is 0 Å². The first-order valence-electron chi connectivity index (χ1n) is 7.28. The normalized spacial score (nSPS) is 12.3. The molecule has 2 aromatic rings. The van der Waals surface area contributed by atoms with Gasteiger partial charge in [0.1, 0.15) is 23.6 Å². The van der Waals surface area contributed by atoms with Gasteiger partial charge in [0.05, 0.1) is 5.56 Å². The quantitative estimate of drug-likeness (QED) is 0.850. The number of halogens is 3. The molecule has 1 atom stereocenters. The molecule has 0 aromatic heterocycles. The molecule has 0 saturated heterocycles. The van der Waals surface area contributed by atoms with Gasteiger partial charge in [0.15, 0.2) is 0 Å². The Morgan fingerprint density at radius 3 is 2.33 bits per heavy atom. The number of aliphatic hydroxyl groups is 1. The van der Waals surface area contributed by atoms with Crippen LogP contribution in [0.25, 0.3) is 6.08 Å². The van der Waals surface area contributed by atoms with E-state index in [0.29, 0.717) is 0 Å². The van der Waals surface area contributed by atoms with Gasteiger partial charge in [-0.3, -0.25) is 4.79 Å². The predicted molar refractivity (Wildman–Crippen MR) is 84.4 cm³/mol. The maximum absolute atomic E-state index is 13.5. The Morgan fingerprint density at radius 2 is 1.71 bits per heavy atom. The van der Waals surface area contributed by atoms with Crippen LogP contribution < -0.4 is 5.32 Å². The molecule has 0 fully saturated rings. The summed E-state index contributed by atoms with van der Waals surface area (Å²) in [7, 11) is 0. The lowest BCUT2D eigenvalue weighted by Crippen LogP contribution is -2.28. The summed E-state index contributed by atoms with van der Waals surface area (Å²) >= 11 is 0. The van der Waals surface area contributed by atoms with Crippen LogP contribution in [0.15, 0.2) is 48.5 Å². The number of aliphatic hydroxyl groups excluding tert-OH is 1. The number of hydrogen-bond acceptors (Lipinski definition) is 2. The standard InChI is InChI=1S/C18H16F3NO2/c19-13-9-7-12(8-10-13)3-1-6-17(24)22-11-16(23)18-14(20)4-2-5-15(18)21/h1-5,7-10,16,23H,6,11H2,(H,22,24)/b3-1+. The summed E-state index contributed by atoms with van der Waals surface area (Å²) in [5.41, 5.74) is 0.261. The van der Waals surface area contributed by atoms with Gasteiger partial charge in [0.2, 0.25) is 5.91 Å². The Hall–Kier alpha value is -2.60. The molecule has 2 rings (SSSR count). The zero-order valence-corrected chi connectivity index (χ0v) is 12.7. The van der Waals surface area contributed by atoms with Crippen LogP contribution in [0.3, 0.4) is 0 Å². The van der Waals surface area contributed by atoms with Crippen LogP contribution in [-0.4, -0.2) is 17.6 Å². The topological polar surface area (TPSA) is 49.3 Å². The van der Waals surface area contributed by atoms with E-state index in [1.165, 1.54) is 18.2 Å². The highest BCUT2D eigenvalue weighted by Crippen LogP contribution is 2.19. The van der Waals surface area contributed by atoms with Gasteiger partial charge < -0.3 is 10.4 Å². The van der Waals surface area contributed by atoms with Crippen molar-refractivity contribution in [2.75, 3.05) is 6.54 Å². The van der Waals surface area contributed by atoms with E-state index in [0.717, 1.165) is 17.7 Å². The Balaban J connectivity index is 1.83. The Labute approximate surface area is 137 Å². The van der Waals surface area contributed by atoms with Crippen LogP contribution >= 0.6 is 0 Å². The van der Waals surface area contributed by atoms with Crippen molar-refractivity contribution in [3.05, 3.63) is 77.1 Å². The van der Waals surface area contributed by atoms with Gasteiger partial charge in [0, 0.05) is 13.0 Å². The van der Waals surface area contributed by atoms with Gasteiger partial charge in [-0.15, -0.1) is 0 Å². The number of carbonyl (C=O) groups is 1. The number of benzene rings is 2. The van der Waals surface area contributed by atoms with Crippen LogP contribution in [0, 0.1) is 17.5 Å². The molecular formula is C18H16F3NO2. The lowest BCUT2D eigenvalue weighted by molar-refractivity contribution is -0.120. The third-order valence-corrected chi connectivity index (χ3v) is 3.31. The van der Waals surface area contributed by atoms with Crippen LogP contribution in [0.1, 0.15) is 23.7 Å². The molecule has 1 unspecified atom stereocenters. The fourth-order valence-corrected chi connectivity index (χ4v) is 2.09. The average Bonchev–Trinajstić information content (AvgIpc) is 2.54. The molecule has 3 nitrogen and oxygen atoms in total. The maximum atomic E-state index is 13.5. The second kappa shape index (κ2) is 8.31. The minimum Gasteiger partial charge on any atom is -0.386 e. The number of amides is 1. The summed E-state index contributed by atoms with van der Waals surface area (Å²) in [4.78, 5) is 11.7. The van der Waals surface area contributed by atoms with Gasteiger partial charge in [-0.05, 0) is 29.8 Å². The van der Waals surface area contributed by atoms with E-state index in [1.54, 1.807) is 24.3 Å². The predicted octanol–water partition coefficient (Wildman–Crippen LogP) is 3.36. The highest BCUT2D eigenvalue weighted by molar-refractivity contribution is 5.78. The average molecular weight is 335 g/mol. The van der Waals surface area contributed by atoms with E-state index in [9.17, 15) is 23.1 Å². The van der Waals surface area contributed by atoms with Crippen molar-refractivity contribution in [1.29, 1.82) is 0 Å². The summed E-state index contributed by atoms with van der Waals surface area (Å²) in [6, 6.07) is 9.00. The molecule has 0 aliphatic carbocycles. The highest BCUT2D eigenvalue weighted by atomic mass is 19.1. The molecule has 6 heteroatoms. The molecule has 1 amide bonds. The fourth-order valence-electron chi connectivity index (χ4n) is 2.09. The monoisotopic (exact) mass is 335 g/mol. The summed E-state index contributed by atoms with van der Waals surface area (Å²) in [5.74, 6) is -2.50. The molecule has 0 radical (unpaired) electrons. The van der Waals surface area contributed by atoms with Gasteiger partial charge in [-0.2, -0.15) is 0 Å². The Morgan fingerprint density at radius 1 is 1.08 bits per heavy atom. The van der Waals surface area contributed by atoms with E-state index >= 15 is 0 Å². The smallest absolute Gasteiger partial charge is 0.223 e. The van der Waals surface area contributed by atoms with E-state index in [-0.39, 0.29) is 18.8 Å². The molecule has 24 heavy (non-hydrogen) atoms. The Kier molecular flexibility index (Phi) is 6.14. The second-order valence-electron chi connectivity index (χ2n) is 5.11. The third kappa shape index (κ3) is 4.96. The van der Waals surface area contributed by atoms with Crippen molar-refractivity contribution in [2.45, 2.75) is 12.5 Å². The number of hydrogen-bond donors (Lipinski definition) is 2. The number of rotatable bonds is 6. The first-order chi connectivity index (χ1) is 11.5. The summed E-state index contributed by atoms with van der Waals surface area (Å²) < 4.78 is 39.7. The second-order valence-corrected chi connectivity index (χ2v) is 5.11. The SMILES string of the molecule is O=C(C/C=C/c1ccc(F)cc1)NCC(O)c1c(F)cccc1F. The van der Waals surface area contributed by atoms with E-state index in [1.807, 2.05) is 0 Å². The van der Waals surface area contributed by atoms with Crippen molar-refractivity contribution in [3.63, 3.8) is 0 Å². The molecule has 126 valence electrons. The summed E-state index contributed by atoms with van der Waals surface area (Å²) in [6.45, 7) is -0.304. The van der Waals surface area contributed by atoms with Crippen molar-refractivity contribution in [3.8, 4) is 0 Å². The minimum atomic E-state index is -1.48. The molecule has 2 N–H and O–H groups in total. The molecule has 0 aliphatic rings. The highest BCUT2D eigenvalue weighted by Gasteiger charge is 2.18. The number of carbonyl (C=O) groups excluding carboxylic acids is 1. The molecule has 0 aliphatic heterocycles.